The van der Waals surface area contributed by atoms with Crippen LogP contribution in [-0.2, 0) is 18.9 Å². The van der Waals surface area contributed by atoms with Gasteiger partial charge in [0, 0.05) is 0 Å². The normalized spacial score (nSPS) is 8.69. The molecule has 0 atom stereocenters. The quantitative estimate of drug-likeness (QED) is 0.395. The van der Waals surface area contributed by atoms with E-state index in [0.717, 1.165) is 0 Å². The van der Waals surface area contributed by atoms with Crippen LogP contribution in [0.3, 0.4) is 0 Å². The van der Waals surface area contributed by atoms with Crippen LogP contribution in [-0.4, -0.2) is 42.7 Å². The summed E-state index contributed by atoms with van der Waals surface area (Å²) in [5.41, 5.74) is 0. The van der Waals surface area contributed by atoms with Crippen molar-refractivity contribution >= 4 is 19.3 Å². The minimum atomic E-state index is -2.07. The second-order valence-corrected chi connectivity index (χ2v) is 1.70. The van der Waals surface area contributed by atoms with E-state index in [0.29, 0.717) is 0 Å². The van der Waals surface area contributed by atoms with Crippen LogP contribution in [0, 0.1) is 0 Å². The van der Waals surface area contributed by atoms with Crippen molar-refractivity contribution in [2.75, 3.05) is 13.2 Å². The van der Waals surface area contributed by atoms with E-state index in [4.69, 9.17) is 10.2 Å². The third kappa shape index (κ3) is 11.5. The van der Waals surface area contributed by atoms with Crippen LogP contribution < -0.4 is 23.9 Å². The topological polar surface area (TPSA) is 116 Å². The molecule has 68 valence electrons. The Morgan fingerprint density at radius 2 is 1.46 bits per heavy atom. The summed E-state index contributed by atoms with van der Waals surface area (Å²) in [5, 5.41) is 26.4. The Morgan fingerprint density at radius 1 is 1.15 bits per heavy atom. The predicted molar refractivity (Wildman–Crippen MR) is 32.9 cm³/mol. The van der Waals surface area contributed by atoms with Crippen molar-refractivity contribution in [1.82, 2.24) is 0 Å². The molecule has 0 radical (unpaired) electrons. The van der Waals surface area contributed by atoms with Crippen molar-refractivity contribution in [1.29, 1.82) is 0 Å². The van der Waals surface area contributed by atoms with Gasteiger partial charge in [0.05, 0.1) is 0 Å². The molecule has 0 aromatic heterocycles. The fourth-order valence-corrected chi connectivity index (χ4v) is 0.327. The number of carboxylic acids is 2. The Kier molecular flexibility index (Phi) is 9.33. The number of carboxylic acid groups (broad SMARTS) is 2. The van der Waals surface area contributed by atoms with Crippen LogP contribution in [0.2, 0.25) is 0 Å². The van der Waals surface area contributed by atoms with Crippen molar-refractivity contribution in [2.24, 2.45) is 0 Å². The van der Waals surface area contributed by atoms with Crippen molar-refractivity contribution in [3.63, 3.8) is 0 Å². The van der Waals surface area contributed by atoms with E-state index in [1.54, 1.807) is 0 Å². The Morgan fingerprint density at radius 3 is 1.69 bits per heavy atom. The van der Waals surface area contributed by atoms with Gasteiger partial charge in [-0.3, -0.25) is 0 Å². The SMILES string of the molecule is O=C(O)COB([O-])OCC(=O)O.[Li+]. The molecule has 2 N–H and O–H groups in total. The average Bonchev–Trinajstić information content (AvgIpc) is 1.96. The first-order chi connectivity index (χ1) is 5.52. The van der Waals surface area contributed by atoms with Crippen LogP contribution in [0.5, 0.6) is 0 Å². The largest absolute Gasteiger partial charge is 1.00 e. The number of aliphatic carboxylic acids is 2. The van der Waals surface area contributed by atoms with E-state index >= 15 is 0 Å². The van der Waals surface area contributed by atoms with Gasteiger partial charge in [-0.1, -0.05) is 0 Å². The summed E-state index contributed by atoms with van der Waals surface area (Å²) in [6.07, 6.45) is 0. The van der Waals surface area contributed by atoms with Crippen molar-refractivity contribution in [3.8, 4) is 0 Å². The molecule has 0 fully saturated rings. The molecule has 0 aliphatic carbocycles. The fraction of sp³-hybridized carbons (Fsp3) is 0.500. The van der Waals surface area contributed by atoms with Crippen molar-refractivity contribution < 1.29 is 53.0 Å². The van der Waals surface area contributed by atoms with Gasteiger partial charge in [-0.05, 0) is 0 Å². The molecule has 0 unspecified atom stereocenters. The molecular formula is C4H6BLiO7. The Bertz CT molecular complexity index is 156. The molecule has 13 heavy (non-hydrogen) atoms. The summed E-state index contributed by atoms with van der Waals surface area (Å²) < 4.78 is 8.03. The van der Waals surface area contributed by atoms with E-state index in [1.165, 1.54) is 0 Å². The second kappa shape index (κ2) is 8.10. The maximum atomic E-state index is 10.4. The van der Waals surface area contributed by atoms with Gasteiger partial charge in [0.2, 0.25) is 0 Å². The Labute approximate surface area is 86.0 Å². The Hall–Kier alpha value is -0.518. The predicted octanol–water partition coefficient (Wildman–Crippen LogP) is -5.46. The zero-order chi connectivity index (χ0) is 9.56. The van der Waals surface area contributed by atoms with Gasteiger partial charge in [0.1, 0.15) is 13.2 Å². The summed E-state index contributed by atoms with van der Waals surface area (Å²) in [7, 11) is -2.07. The van der Waals surface area contributed by atoms with Gasteiger partial charge in [-0.15, -0.1) is 0 Å². The van der Waals surface area contributed by atoms with Crippen LogP contribution in [0.15, 0.2) is 0 Å². The zero-order valence-electron chi connectivity index (χ0n) is 6.93. The molecule has 0 aliphatic rings. The molecule has 0 bridgehead atoms. The van der Waals surface area contributed by atoms with Crippen molar-refractivity contribution in [2.45, 2.75) is 0 Å². The van der Waals surface area contributed by atoms with Gasteiger partial charge in [-0.2, -0.15) is 0 Å². The van der Waals surface area contributed by atoms with Crippen LogP contribution >= 0.6 is 0 Å². The first kappa shape index (κ1) is 15.0. The molecule has 0 saturated carbocycles. The molecule has 0 aromatic carbocycles. The summed E-state index contributed by atoms with van der Waals surface area (Å²) in [6.45, 7) is -1.62. The molecule has 0 aliphatic heterocycles. The van der Waals surface area contributed by atoms with E-state index in [2.05, 4.69) is 9.31 Å². The summed E-state index contributed by atoms with van der Waals surface area (Å²) in [4.78, 5) is 19.6. The first-order valence-corrected chi connectivity index (χ1v) is 2.85. The second-order valence-electron chi connectivity index (χ2n) is 1.70. The van der Waals surface area contributed by atoms with Gasteiger partial charge in [0.25, 0.3) is 0 Å². The van der Waals surface area contributed by atoms with E-state index < -0.39 is 32.5 Å². The molecular weight excluding hydrogens is 178 g/mol. The summed E-state index contributed by atoms with van der Waals surface area (Å²) in [5.74, 6) is -2.65. The first-order valence-electron chi connectivity index (χ1n) is 2.85. The Balaban J connectivity index is 0. The van der Waals surface area contributed by atoms with Crippen LogP contribution in [0.1, 0.15) is 0 Å². The van der Waals surface area contributed by atoms with Gasteiger partial charge >= 0.3 is 38.1 Å². The summed E-state index contributed by atoms with van der Waals surface area (Å²) >= 11 is 0. The molecule has 0 aromatic rings. The van der Waals surface area contributed by atoms with Crippen LogP contribution in [0.25, 0.3) is 0 Å². The third-order valence-corrected chi connectivity index (χ3v) is 0.686. The van der Waals surface area contributed by atoms with Gasteiger partial charge < -0.3 is 24.5 Å². The fourth-order valence-electron chi connectivity index (χ4n) is 0.327. The molecule has 0 rings (SSSR count). The zero-order valence-corrected chi connectivity index (χ0v) is 6.93. The monoisotopic (exact) mass is 184 g/mol. The van der Waals surface area contributed by atoms with E-state index in [1.807, 2.05) is 0 Å². The third-order valence-electron chi connectivity index (χ3n) is 0.686. The number of carbonyl (C=O) groups is 2. The molecule has 0 heterocycles. The summed E-state index contributed by atoms with van der Waals surface area (Å²) in [6, 6.07) is 0. The number of hydrogen-bond donors (Lipinski definition) is 2. The van der Waals surface area contributed by atoms with Crippen molar-refractivity contribution in [3.05, 3.63) is 0 Å². The number of rotatable bonds is 6. The molecule has 0 spiro atoms. The van der Waals surface area contributed by atoms with Gasteiger partial charge in [0.15, 0.2) is 0 Å². The number of hydrogen-bond acceptors (Lipinski definition) is 5. The van der Waals surface area contributed by atoms with E-state index in [-0.39, 0.29) is 18.9 Å². The molecule has 9 heteroatoms. The minimum absolute atomic E-state index is 0. The molecule has 7 nitrogen and oxygen atoms in total. The maximum absolute atomic E-state index is 10.4. The van der Waals surface area contributed by atoms with Crippen LogP contribution in [0.4, 0.5) is 0 Å². The standard InChI is InChI=1S/C4H6BO7.Li/c6-3(7)1-11-5(10)12-2-4(8)9;/h1-2H2,(H,6,7)(H,8,9);/q-1;+1. The smallest absolute Gasteiger partial charge is 0.832 e. The minimum Gasteiger partial charge on any atom is -0.832 e. The molecule has 0 amide bonds. The maximum Gasteiger partial charge on any atom is 1.00 e. The average molecular weight is 184 g/mol. The van der Waals surface area contributed by atoms with E-state index in [9.17, 15) is 14.6 Å². The molecule has 0 saturated heterocycles. The van der Waals surface area contributed by atoms with Gasteiger partial charge in [-0.25, -0.2) is 9.59 Å².